The lowest BCUT2D eigenvalue weighted by atomic mass is 10.1. The molecule has 0 amide bonds. The summed E-state index contributed by atoms with van der Waals surface area (Å²) < 4.78 is 15.6. The van der Waals surface area contributed by atoms with Crippen LogP contribution in [0.2, 0.25) is 0 Å². The van der Waals surface area contributed by atoms with E-state index >= 15 is 0 Å². The van der Waals surface area contributed by atoms with E-state index in [2.05, 4.69) is 4.98 Å². The Labute approximate surface area is 131 Å². The Morgan fingerprint density at radius 2 is 2.00 bits per heavy atom. The van der Waals surface area contributed by atoms with Gasteiger partial charge >= 0.3 is 5.97 Å². The lowest BCUT2D eigenvalue weighted by Gasteiger charge is -2.08. The maximum absolute atomic E-state index is 12.6. The maximum Gasteiger partial charge on any atom is 0.340 e. The molecule has 0 aliphatic heterocycles. The third kappa shape index (κ3) is 2.80. The molecular formula is C17H15NO5. The molecule has 0 aliphatic carbocycles. The van der Waals surface area contributed by atoms with Crippen molar-refractivity contribution in [2.24, 2.45) is 0 Å². The highest BCUT2D eigenvalue weighted by atomic mass is 16.6. The topological polar surface area (TPSA) is 78.6 Å². The van der Waals surface area contributed by atoms with Gasteiger partial charge in [-0.15, -0.1) is 0 Å². The quantitative estimate of drug-likeness (QED) is 0.418. The zero-order chi connectivity index (χ0) is 16.4. The first-order valence-corrected chi connectivity index (χ1v) is 7.11. The number of carbonyl (C=O) groups excluding carboxylic acids is 1. The van der Waals surface area contributed by atoms with Crippen LogP contribution < -0.4 is 5.43 Å². The standard InChI is InChI=1S/C17H15NO5/c1-10-12(17(20)22-8-7-21-2)9-13-15(19)11-5-3-4-6-14(11)23-16(13)18-10/h3-6,9H,7-8H2,1-2H3. The highest BCUT2D eigenvalue weighted by molar-refractivity contribution is 5.96. The van der Waals surface area contributed by atoms with Crippen molar-refractivity contribution in [2.45, 2.75) is 6.92 Å². The number of nitrogens with zero attached hydrogens (tertiary/aromatic N) is 1. The molecular weight excluding hydrogens is 298 g/mol. The van der Waals surface area contributed by atoms with E-state index in [1.54, 1.807) is 31.2 Å². The van der Waals surface area contributed by atoms with E-state index in [-0.39, 0.29) is 28.7 Å². The third-order valence-electron chi connectivity index (χ3n) is 3.50. The molecule has 1 aromatic carbocycles. The number of benzene rings is 1. The molecule has 0 spiro atoms. The van der Waals surface area contributed by atoms with E-state index in [9.17, 15) is 9.59 Å². The number of para-hydroxylation sites is 1. The Balaban J connectivity index is 2.13. The molecule has 0 atom stereocenters. The molecule has 23 heavy (non-hydrogen) atoms. The van der Waals surface area contributed by atoms with Crippen LogP contribution in [0.4, 0.5) is 0 Å². The molecule has 6 nitrogen and oxygen atoms in total. The van der Waals surface area contributed by atoms with E-state index < -0.39 is 5.97 Å². The minimum atomic E-state index is -0.540. The van der Waals surface area contributed by atoms with Crippen LogP contribution in [-0.2, 0) is 9.47 Å². The fourth-order valence-corrected chi connectivity index (χ4v) is 2.32. The highest BCUT2D eigenvalue weighted by Crippen LogP contribution is 2.19. The number of pyridine rings is 1. The lowest BCUT2D eigenvalue weighted by Crippen LogP contribution is -2.13. The normalized spacial score (nSPS) is 11.0. The fourth-order valence-electron chi connectivity index (χ4n) is 2.32. The molecule has 0 bridgehead atoms. The summed E-state index contributed by atoms with van der Waals surface area (Å²) in [4.78, 5) is 28.9. The van der Waals surface area contributed by atoms with Crippen LogP contribution in [0.1, 0.15) is 16.1 Å². The molecule has 3 aromatic rings. The van der Waals surface area contributed by atoms with Crippen LogP contribution in [0, 0.1) is 6.92 Å². The number of ether oxygens (including phenoxy) is 2. The molecule has 118 valence electrons. The average molecular weight is 313 g/mol. The van der Waals surface area contributed by atoms with Crippen molar-refractivity contribution in [1.29, 1.82) is 0 Å². The number of aromatic nitrogens is 1. The molecule has 0 aliphatic rings. The van der Waals surface area contributed by atoms with Crippen molar-refractivity contribution >= 4 is 28.0 Å². The van der Waals surface area contributed by atoms with Gasteiger partial charge in [-0.2, -0.15) is 0 Å². The molecule has 0 saturated heterocycles. The summed E-state index contributed by atoms with van der Waals surface area (Å²) in [7, 11) is 1.52. The van der Waals surface area contributed by atoms with E-state index in [4.69, 9.17) is 13.9 Å². The van der Waals surface area contributed by atoms with Gasteiger partial charge in [0.25, 0.3) is 0 Å². The number of esters is 1. The average Bonchev–Trinajstić information content (AvgIpc) is 2.54. The number of hydrogen-bond acceptors (Lipinski definition) is 6. The Morgan fingerprint density at radius 3 is 2.78 bits per heavy atom. The van der Waals surface area contributed by atoms with Gasteiger partial charge in [0.2, 0.25) is 11.1 Å². The first-order valence-electron chi connectivity index (χ1n) is 7.11. The van der Waals surface area contributed by atoms with Gasteiger partial charge < -0.3 is 13.9 Å². The molecule has 0 N–H and O–H groups in total. The van der Waals surface area contributed by atoms with Crippen molar-refractivity contribution in [3.63, 3.8) is 0 Å². The van der Waals surface area contributed by atoms with Crippen LogP contribution in [0.25, 0.3) is 22.1 Å². The van der Waals surface area contributed by atoms with E-state index in [1.165, 1.54) is 13.2 Å². The second-order valence-corrected chi connectivity index (χ2v) is 5.03. The van der Waals surface area contributed by atoms with Crippen molar-refractivity contribution < 1.29 is 18.7 Å². The summed E-state index contributed by atoms with van der Waals surface area (Å²) >= 11 is 0. The van der Waals surface area contributed by atoms with Crippen LogP contribution >= 0.6 is 0 Å². The maximum atomic E-state index is 12.6. The fraction of sp³-hybridized carbons (Fsp3) is 0.235. The Bertz CT molecular complexity index is 945. The summed E-state index contributed by atoms with van der Waals surface area (Å²) in [6, 6.07) is 8.40. The summed E-state index contributed by atoms with van der Waals surface area (Å²) in [5.41, 5.74) is 1.14. The third-order valence-corrected chi connectivity index (χ3v) is 3.50. The van der Waals surface area contributed by atoms with Gasteiger partial charge in [0.15, 0.2) is 0 Å². The van der Waals surface area contributed by atoms with Crippen LogP contribution in [-0.4, -0.2) is 31.3 Å². The summed E-state index contributed by atoms with van der Waals surface area (Å²) in [5, 5.41) is 0.706. The van der Waals surface area contributed by atoms with Crippen molar-refractivity contribution in [3.05, 3.63) is 51.8 Å². The van der Waals surface area contributed by atoms with Crippen LogP contribution in [0.15, 0.2) is 39.5 Å². The number of carbonyl (C=O) groups is 1. The Morgan fingerprint density at radius 1 is 1.22 bits per heavy atom. The molecule has 0 unspecified atom stereocenters. The van der Waals surface area contributed by atoms with Gasteiger partial charge in [-0.05, 0) is 25.1 Å². The van der Waals surface area contributed by atoms with Crippen LogP contribution in [0.5, 0.6) is 0 Å². The van der Waals surface area contributed by atoms with E-state index in [1.807, 2.05) is 0 Å². The first kappa shape index (κ1) is 15.2. The predicted octanol–water partition coefficient (Wildman–Crippen LogP) is 2.45. The van der Waals surface area contributed by atoms with Crippen molar-refractivity contribution in [3.8, 4) is 0 Å². The van der Waals surface area contributed by atoms with E-state index in [0.717, 1.165) is 0 Å². The number of hydrogen-bond donors (Lipinski definition) is 0. The zero-order valence-electron chi connectivity index (χ0n) is 12.8. The number of fused-ring (bicyclic) bond motifs is 2. The number of methoxy groups -OCH3 is 1. The molecule has 6 heteroatoms. The monoisotopic (exact) mass is 313 g/mol. The second kappa shape index (κ2) is 6.18. The van der Waals surface area contributed by atoms with Crippen molar-refractivity contribution in [2.75, 3.05) is 20.3 Å². The highest BCUT2D eigenvalue weighted by Gasteiger charge is 2.16. The molecule has 2 heterocycles. The molecule has 3 rings (SSSR count). The molecule has 0 fully saturated rings. The first-order chi connectivity index (χ1) is 11.1. The second-order valence-electron chi connectivity index (χ2n) is 5.03. The largest absolute Gasteiger partial charge is 0.460 e. The molecule has 0 saturated carbocycles. The van der Waals surface area contributed by atoms with Gasteiger partial charge in [-0.25, -0.2) is 9.78 Å². The Kier molecular flexibility index (Phi) is 4.08. The van der Waals surface area contributed by atoms with Gasteiger partial charge in [0.05, 0.1) is 28.6 Å². The van der Waals surface area contributed by atoms with Gasteiger partial charge in [-0.3, -0.25) is 4.79 Å². The Hall–Kier alpha value is -2.73. The number of aryl methyl sites for hydroxylation is 1. The molecule has 2 aromatic heterocycles. The van der Waals surface area contributed by atoms with E-state index in [0.29, 0.717) is 23.3 Å². The smallest absolute Gasteiger partial charge is 0.340 e. The SMILES string of the molecule is COCCOC(=O)c1cc2c(=O)c3ccccc3oc2nc1C. The zero-order valence-corrected chi connectivity index (χ0v) is 12.8. The minimum absolute atomic E-state index is 0.138. The van der Waals surface area contributed by atoms with Crippen molar-refractivity contribution in [1.82, 2.24) is 4.98 Å². The van der Waals surface area contributed by atoms with Gasteiger partial charge in [0.1, 0.15) is 12.2 Å². The van der Waals surface area contributed by atoms with Gasteiger partial charge in [0, 0.05) is 7.11 Å². The summed E-state index contributed by atoms with van der Waals surface area (Å²) in [5.74, 6) is -0.540. The minimum Gasteiger partial charge on any atom is -0.460 e. The summed E-state index contributed by atoms with van der Waals surface area (Å²) in [6.45, 7) is 2.11. The van der Waals surface area contributed by atoms with Crippen LogP contribution in [0.3, 0.4) is 0 Å². The van der Waals surface area contributed by atoms with Gasteiger partial charge in [-0.1, -0.05) is 12.1 Å². The molecule has 0 radical (unpaired) electrons. The number of rotatable bonds is 4. The predicted molar refractivity (Wildman–Crippen MR) is 84.7 cm³/mol. The summed E-state index contributed by atoms with van der Waals surface area (Å²) in [6.07, 6.45) is 0. The lowest BCUT2D eigenvalue weighted by molar-refractivity contribution is 0.0387.